The summed E-state index contributed by atoms with van der Waals surface area (Å²) in [7, 11) is 0. The highest BCUT2D eigenvalue weighted by molar-refractivity contribution is 9.10. The lowest BCUT2D eigenvalue weighted by atomic mass is 9.93. The Hall–Kier alpha value is -2.57. The maximum absolute atomic E-state index is 13.1. The van der Waals surface area contributed by atoms with Gasteiger partial charge in [0, 0.05) is 17.4 Å². The molecule has 0 saturated heterocycles. The van der Waals surface area contributed by atoms with E-state index in [0.717, 1.165) is 15.6 Å². The number of hydrogen-bond donors (Lipinski definition) is 1. The quantitative estimate of drug-likeness (QED) is 0.606. The molecule has 0 aliphatic carbocycles. The molecule has 4 rings (SSSR count). The molecule has 0 radical (unpaired) electrons. The van der Waals surface area contributed by atoms with E-state index in [2.05, 4.69) is 21.2 Å². The highest BCUT2D eigenvalue weighted by atomic mass is 79.9. The Labute approximate surface area is 175 Å². The minimum absolute atomic E-state index is 0.207. The van der Waals surface area contributed by atoms with Crippen LogP contribution in [-0.2, 0) is 17.8 Å². The van der Waals surface area contributed by atoms with Crippen LogP contribution in [0.3, 0.4) is 0 Å². The number of nitrogens with zero attached hydrogens (tertiary/aromatic N) is 1. The Morgan fingerprint density at radius 2 is 1.89 bits per heavy atom. The Bertz CT molecular complexity index is 1040. The molecule has 0 saturated carbocycles. The van der Waals surface area contributed by atoms with Gasteiger partial charge in [-0.25, -0.2) is 0 Å². The molecule has 142 valence electrons. The molecule has 5 nitrogen and oxygen atoms in total. The molecule has 2 amide bonds. The van der Waals surface area contributed by atoms with Gasteiger partial charge in [0.1, 0.15) is 6.04 Å². The average Bonchev–Trinajstić information content (AvgIpc) is 3.23. The zero-order valence-electron chi connectivity index (χ0n) is 14.7. The Morgan fingerprint density at radius 3 is 2.61 bits per heavy atom. The van der Waals surface area contributed by atoms with Crippen LogP contribution in [-0.4, -0.2) is 22.8 Å². The van der Waals surface area contributed by atoms with E-state index in [-0.39, 0.29) is 17.6 Å². The second-order valence-corrected chi connectivity index (χ2v) is 7.84. The molecule has 0 unspecified atom stereocenters. The summed E-state index contributed by atoms with van der Waals surface area (Å²) in [5, 5.41) is 3.27. The summed E-state index contributed by atoms with van der Waals surface area (Å²) in [6, 6.07) is 15.6. The number of furan rings is 1. The van der Waals surface area contributed by atoms with Crippen molar-refractivity contribution < 1.29 is 14.0 Å². The first-order chi connectivity index (χ1) is 13.5. The van der Waals surface area contributed by atoms with Gasteiger partial charge in [-0.2, -0.15) is 0 Å². The summed E-state index contributed by atoms with van der Waals surface area (Å²) in [6.45, 7) is 0.335. The van der Waals surface area contributed by atoms with Crippen molar-refractivity contribution in [2.75, 3.05) is 5.32 Å². The fourth-order valence-electron chi connectivity index (χ4n) is 3.32. The standard InChI is InChI=1S/C21H16BrClN2O3/c22-15-7-8-17(16(23)11-15)24-20(26)18-10-13-4-1-2-5-14(13)12-25(18)21(27)19-6-3-9-28-19/h1-9,11,18H,10,12H2,(H,24,26)/t18-/m0/s1. The predicted octanol–water partition coefficient (Wildman–Crippen LogP) is 4.90. The first-order valence-corrected chi connectivity index (χ1v) is 9.87. The number of benzene rings is 2. The van der Waals surface area contributed by atoms with Crippen LogP contribution in [0.5, 0.6) is 0 Å². The van der Waals surface area contributed by atoms with Gasteiger partial charge in [0.2, 0.25) is 5.91 Å². The molecule has 2 aromatic carbocycles. The molecule has 7 heteroatoms. The lowest BCUT2D eigenvalue weighted by Crippen LogP contribution is -2.50. The largest absolute Gasteiger partial charge is 0.459 e. The van der Waals surface area contributed by atoms with Crippen LogP contribution in [0.4, 0.5) is 5.69 Å². The third-order valence-electron chi connectivity index (χ3n) is 4.73. The molecule has 3 aromatic rings. The van der Waals surface area contributed by atoms with Gasteiger partial charge in [0.05, 0.1) is 17.0 Å². The van der Waals surface area contributed by atoms with Gasteiger partial charge in [-0.15, -0.1) is 0 Å². The molecule has 1 aliphatic rings. The molecular formula is C21H16BrClN2O3. The predicted molar refractivity (Wildman–Crippen MR) is 110 cm³/mol. The second kappa shape index (κ2) is 7.81. The van der Waals surface area contributed by atoms with Crippen molar-refractivity contribution in [1.82, 2.24) is 4.90 Å². The van der Waals surface area contributed by atoms with Crippen LogP contribution in [0.1, 0.15) is 21.7 Å². The van der Waals surface area contributed by atoms with Crippen molar-refractivity contribution in [3.63, 3.8) is 0 Å². The van der Waals surface area contributed by atoms with Gasteiger partial charge in [-0.1, -0.05) is 51.8 Å². The van der Waals surface area contributed by atoms with E-state index in [4.69, 9.17) is 16.0 Å². The Balaban J connectivity index is 1.65. The van der Waals surface area contributed by atoms with Crippen molar-refractivity contribution in [3.8, 4) is 0 Å². The highest BCUT2D eigenvalue weighted by Crippen LogP contribution is 2.29. The Kier molecular flexibility index (Phi) is 5.24. The van der Waals surface area contributed by atoms with Crippen LogP contribution in [0.25, 0.3) is 0 Å². The number of carbonyl (C=O) groups is 2. The maximum Gasteiger partial charge on any atom is 0.290 e. The number of fused-ring (bicyclic) bond motifs is 1. The third kappa shape index (κ3) is 3.70. The number of rotatable bonds is 3. The zero-order valence-corrected chi connectivity index (χ0v) is 17.0. The maximum atomic E-state index is 13.1. The normalized spacial score (nSPS) is 15.8. The van der Waals surface area contributed by atoms with Gasteiger partial charge < -0.3 is 14.6 Å². The third-order valence-corrected chi connectivity index (χ3v) is 5.54. The molecule has 1 N–H and O–H groups in total. The Morgan fingerprint density at radius 1 is 1.11 bits per heavy atom. The van der Waals surface area contributed by atoms with Crippen molar-refractivity contribution in [2.45, 2.75) is 19.0 Å². The monoisotopic (exact) mass is 458 g/mol. The molecule has 28 heavy (non-hydrogen) atoms. The first kappa shape index (κ1) is 18.8. The summed E-state index contributed by atoms with van der Waals surface area (Å²) in [4.78, 5) is 27.6. The number of amides is 2. The van der Waals surface area contributed by atoms with Gasteiger partial charge in [0.25, 0.3) is 5.91 Å². The van der Waals surface area contributed by atoms with Crippen LogP contribution >= 0.6 is 27.5 Å². The van der Waals surface area contributed by atoms with Crippen molar-refractivity contribution in [1.29, 1.82) is 0 Å². The number of nitrogens with one attached hydrogen (secondary N) is 1. The van der Waals surface area contributed by atoms with Gasteiger partial charge in [0.15, 0.2) is 5.76 Å². The summed E-state index contributed by atoms with van der Waals surface area (Å²) >= 11 is 9.58. The smallest absolute Gasteiger partial charge is 0.290 e. The van der Waals surface area contributed by atoms with Gasteiger partial charge in [-0.3, -0.25) is 9.59 Å². The molecule has 2 heterocycles. The minimum atomic E-state index is -0.674. The number of hydrogen-bond acceptors (Lipinski definition) is 3. The average molecular weight is 460 g/mol. The van der Waals surface area contributed by atoms with Crippen LogP contribution < -0.4 is 5.32 Å². The lowest BCUT2D eigenvalue weighted by Gasteiger charge is -2.35. The topological polar surface area (TPSA) is 62.6 Å². The number of anilines is 1. The van der Waals surface area contributed by atoms with Crippen LogP contribution in [0.2, 0.25) is 5.02 Å². The van der Waals surface area contributed by atoms with E-state index in [0.29, 0.717) is 23.7 Å². The van der Waals surface area contributed by atoms with Crippen molar-refractivity contribution in [3.05, 3.63) is 87.2 Å². The lowest BCUT2D eigenvalue weighted by molar-refractivity contribution is -0.121. The molecule has 1 atom stereocenters. The van der Waals surface area contributed by atoms with Gasteiger partial charge >= 0.3 is 0 Å². The SMILES string of the molecule is O=C(Nc1ccc(Br)cc1Cl)[C@@H]1Cc2ccccc2CN1C(=O)c1ccco1. The highest BCUT2D eigenvalue weighted by Gasteiger charge is 2.36. The van der Waals surface area contributed by atoms with E-state index < -0.39 is 6.04 Å². The van der Waals surface area contributed by atoms with Gasteiger partial charge in [-0.05, 0) is 41.5 Å². The van der Waals surface area contributed by atoms with Crippen LogP contribution in [0, 0.1) is 0 Å². The molecular weight excluding hydrogens is 444 g/mol. The van der Waals surface area contributed by atoms with E-state index in [1.807, 2.05) is 24.3 Å². The van der Waals surface area contributed by atoms with Crippen molar-refractivity contribution >= 4 is 45.0 Å². The summed E-state index contributed by atoms with van der Waals surface area (Å²) in [5.74, 6) is -0.404. The molecule has 1 aliphatic heterocycles. The zero-order chi connectivity index (χ0) is 19.7. The molecule has 0 bridgehead atoms. The summed E-state index contributed by atoms with van der Waals surface area (Å²) in [5.41, 5.74) is 2.57. The van der Waals surface area contributed by atoms with E-state index >= 15 is 0 Å². The number of halogens is 2. The number of carbonyl (C=O) groups excluding carboxylic acids is 2. The fourth-order valence-corrected chi connectivity index (χ4v) is 4.04. The fraction of sp³-hybridized carbons (Fsp3) is 0.143. The summed E-state index contributed by atoms with van der Waals surface area (Å²) < 4.78 is 6.08. The second-order valence-electron chi connectivity index (χ2n) is 6.51. The van der Waals surface area contributed by atoms with Crippen molar-refractivity contribution in [2.24, 2.45) is 0 Å². The molecule has 0 fully saturated rings. The molecule has 0 spiro atoms. The van der Waals surface area contributed by atoms with E-state index in [1.165, 1.54) is 6.26 Å². The van der Waals surface area contributed by atoms with Crippen LogP contribution in [0.15, 0.2) is 69.8 Å². The minimum Gasteiger partial charge on any atom is -0.459 e. The first-order valence-electron chi connectivity index (χ1n) is 8.70. The molecule has 1 aromatic heterocycles. The van der Waals surface area contributed by atoms with E-state index in [1.54, 1.807) is 35.2 Å². The van der Waals surface area contributed by atoms with E-state index in [9.17, 15) is 9.59 Å². The summed E-state index contributed by atoms with van der Waals surface area (Å²) in [6.07, 6.45) is 1.87.